The molecule has 0 saturated heterocycles. The highest BCUT2D eigenvalue weighted by Gasteiger charge is 2.60. The Bertz CT molecular complexity index is 651. The Morgan fingerprint density at radius 3 is 2.48 bits per heavy atom. The molecule has 4 fully saturated rings. The first-order valence-electron chi connectivity index (χ1n) is 8.26. The minimum atomic E-state index is -0.688. The number of aliphatic hydroxyl groups is 1. The van der Waals surface area contributed by atoms with Crippen molar-refractivity contribution in [1.29, 1.82) is 0 Å². The van der Waals surface area contributed by atoms with Crippen molar-refractivity contribution < 1.29 is 19.1 Å². The van der Waals surface area contributed by atoms with E-state index in [1.165, 1.54) is 6.26 Å². The van der Waals surface area contributed by atoms with Gasteiger partial charge in [0.05, 0.1) is 22.8 Å². The molecule has 0 aromatic carbocycles. The summed E-state index contributed by atoms with van der Waals surface area (Å²) in [6.45, 7) is 1.70. The lowest BCUT2D eigenvalue weighted by atomic mass is 9.47. The molecule has 5 rings (SSSR count). The van der Waals surface area contributed by atoms with E-state index in [1.807, 2.05) is 0 Å². The Balaban J connectivity index is 1.45. The second-order valence-electron chi connectivity index (χ2n) is 7.76. The molecule has 6 nitrogen and oxygen atoms in total. The molecule has 4 aliphatic carbocycles. The quantitative estimate of drug-likeness (QED) is 0.724. The molecule has 1 heterocycles. The van der Waals surface area contributed by atoms with Crippen LogP contribution in [0.25, 0.3) is 0 Å². The van der Waals surface area contributed by atoms with Crippen molar-refractivity contribution in [2.24, 2.45) is 17.3 Å². The van der Waals surface area contributed by atoms with Gasteiger partial charge in [-0.3, -0.25) is 20.4 Å². The highest BCUT2D eigenvalue weighted by Crippen LogP contribution is 2.61. The standard InChI is InChI=1S/C17H22N2O4/c1-10-13(2-3-23-10)14(20)18-19-15(21)16-5-11-4-12(6-16)8-17(22,7-11)9-16/h2-3,11-12,22H,4-9H2,1H3,(H,18,20)(H,19,21). The summed E-state index contributed by atoms with van der Waals surface area (Å²) in [6, 6.07) is 1.57. The van der Waals surface area contributed by atoms with Crippen LogP contribution in [0.2, 0.25) is 0 Å². The summed E-state index contributed by atoms with van der Waals surface area (Å²) in [7, 11) is 0. The number of hydrogen-bond donors (Lipinski definition) is 3. The molecule has 4 aliphatic rings. The fourth-order valence-corrected chi connectivity index (χ4v) is 5.41. The van der Waals surface area contributed by atoms with E-state index < -0.39 is 11.0 Å². The molecule has 4 bridgehead atoms. The number of amides is 2. The number of carbonyl (C=O) groups is 2. The van der Waals surface area contributed by atoms with Gasteiger partial charge in [0, 0.05) is 0 Å². The predicted octanol–water partition coefficient (Wildman–Crippen LogP) is 1.68. The van der Waals surface area contributed by atoms with Gasteiger partial charge in [0.2, 0.25) is 5.91 Å². The monoisotopic (exact) mass is 318 g/mol. The van der Waals surface area contributed by atoms with Crippen LogP contribution in [0.15, 0.2) is 16.7 Å². The maximum Gasteiger partial charge on any atom is 0.273 e. The maximum absolute atomic E-state index is 12.7. The van der Waals surface area contributed by atoms with Crippen LogP contribution in [0.1, 0.15) is 54.6 Å². The third-order valence-corrected chi connectivity index (χ3v) is 5.90. The van der Waals surface area contributed by atoms with Crippen molar-refractivity contribution in [3.63, 3.8) is 0 Å². The minimum Gasteiger partial charge on any atom is -0.469 e. The van der Waals surface area contributed by atoms with Gasteiger partial charge in [0.1, 0.15) is 5.76 Å². The SMILES string of the molecule is Cc1occc1C(=O)NNC(=O)C12CC3CC(CC(O)(C3)C1)C2. The molecule has 6 heteroatoms. The summed E-state index contributed by atoms with van der Waals surface area (Å²) in [5.41, 5.74) is 4.26. The van der Waals surface area contributed by atoms with Crippen molar-refractivity contribution >= 4 is 11.8 Å². The minimum absolute atomic E-state index is 0.167. The van der Waals surface area contributed by atoms with Crippen molar-refractivity contribution in [2.75, 3.05) is 0 Å². The first-order chi connectivity index (χ1) is 10.9. The third kappa shape index (κ3) is 2.36. The molecule has 4 saturated carbocycles. The average molecular weight is 318 g/mol. The molecule has 3 N–H and O–H groups in total. The summed E-state index contributed by atoms with van der Waals surface area (Å²) in [4.78, 5) is 24.8. The van der Waals surface area contributed by atoms with Gasteiger partial charge in [0.25, 0.3) is 5.91 Å². The van der Waals surface area contributed by atoms with Gasteiger partial charge in [-0.2, -0.15) is 0 Å². The summed E-state index contributed by atoms with van der Waals surface area (Å²) in [5, 5.41) is 10.7. The summed E-state index contributed by atoms with van der Waals surface area (Å²) in [5.74, 6) is 0.825. The first-order valence-corrected chi connectivity index (χ1v) is 8.26. The van der Waals surface area contributed by atoms with Crippen molar-refractivity contribution in [1.82, 2.24) is 10.9 Å². The van der Waals surface area contributed by atoms with Crippen LogP contribution in [0.3, 0.4) is 0 Å². The van der Waals surface area contributed by atoms with E-state index in [1.54, 1.807) is 13.0 Å². The van der Waals surface area contributed by atoms with Gasteiger partial charge >= 0.3 is 0 Å². The molecular weight excluding hydrogens is 296 g/mol. The molecular formula is C17H22N2O4. The van der Waals surface area contributed by atoms with Crippen LogP contribution in [0.5, 0.6) is 0 Å². The van der Waals surface area contributed by atoms with E-state index in [-0.39, 0.29) is 11.8 Å². The Morgan fingerprint density at radius 2 is 1.91 bits per heavy atom. The van der Waals surface area contributed by atoms with Crippen LogP contribution in [0, 0.1) is 24.2 Å². The third-order valence-electron chi connectivity index (χ3n) is 5.90. The number of hydrazine groups is 1. The van der Waals surface area contributed by atoms with Gasteiger partial charge in [-0.1, -0.05) is 0 Å². The van der Waals surface area contributed by atoms with Crippen LogP contribution in [0.4, 0.5) is 0 Å². The maximum atomic E-state index is 12.7. The second-order valence-corrected chi connectivity index (χ2v) is 7.76. The molecule has 0 spiro atoms. The Kier molecular flexibility index (Phi) is 3.10. The van der Waals surface area contributed by atoms with Crippen molar-refractivity contribution in [2.45, 2.75) is 51.0 Å². The Hall–Kier alpha value is -1.82. The van der Waals surface area contributed by atoms with Crippen LogP contribution in [-0.4, -0.2) is 22.5 Å². The summed E-state index contributed by atoms with van der Waals surface area (Å²) < 4.78 is 5.10. The molecule has 23 heavy (non-hydrogen) atoms. The summed E-state index contributed by atoms with van der Waals surface area (Å²) in [6.07, 6.45) is 6.35. The fourth-order valence-electron chi connectivity index (χ4n) is 5.41. The molecule has 124 valence electrons. The molecule has 2 amide bonds. The number of furan rings is 1. The topological polar surface area (TPSA) is 91.6 Å². The normalized spacial score (nSPS) is 37.7. The number of hydrogen-bond acceptors (Lipinski definition) is 4. The predicted molar refractivity (Wildman–Crippen MR) is 81.1 cm³/mol. The lowest BCUT2D eigenvalue weighted by Gasteiger charge is -2.59. The molecule has 0 aliphatic heterocycles. The van der Waals surface area contributed by atoms with Crippen LogP contribution in [-0.2, 0) is 4.79 Å². The highest BCUT2D eigenvalue weighted by atomic mass is 16.3. The Morgan fingerprint density at radius 1 is 1.22 bits per heavy atom. The van der Waals surface area contributed by atoms with Gasteiger partial charge < -0.3 is 9.52 Å². The zero-order valence-electron chi connectivity index (χ0n) is 13.2. The molecule has 2 atom stereocenters. The Labute approximate surface area is 134 Å². The van der Waals surface area contributed by atoms with E-state index in [4.69, 9.17) is 4.42 Å². The van der Waals surface area contributed by atoms with E-state index in [2.05, 4.69) is 10.9 Å². The number of aryl methyl sites for hydroxylation is 1. The zero-order valence-corrected chi connectivity index (χ0v) is 13.2. The van der Waals surface area contributed by atoms with E-state index in [9.17, 15) is 14.7 Å². The van der Waals surface area contributed by atoms with E-state index in [0.29, 0.717) is 29.6 Å². The highest BCUT2D eigenvalue weighted by molar-refractivity contribution is 5.96. The summed E-state index contributed by atoms with van der Waals surface area (Å²) >= 11 is 0. The van der Waals surface area contributed by atoms with Gasteiger partial charge in [0.15, 0.2) is 0 Å². The molecule has 1 aromatic heterocycles. The van der Waals surface area contributed by atoms with E-state index in [0.717, 1.165) is 32.1 Å². The number of nitrogens with one attached hydrogen (secondary N) is 2. The van der Waals surface area contributed by atoms with Crippen LogP contribution >= 0.6 is 0 Å². The van der Waals surface area contributed by atoms with Gasteiger partial charge in [-0.05, 0) is 63.4 Å². The molecule has 1 aromatic rings. The lowest BCUT2D eigenvalue weighted by molar-refractivity contribution is -0.178. The smallest absolute Gasteiger partial charge is 0.273 e. The zero-order chi connectivity index (χ0) is 16.2. The second kappa shape index (κ2) is 4.84. The number of rotatable bonds is 2. The average Bonchev–Trinajstić information content (AvgIpc) is 2.88. The van der Waals surface area contributed by atoms with Crippen LogP contribution < -0.4 is 10.9 Å². The fraction of sp³-hybridized carbons (Fsp3) is 0.647. The van der Waals surface area contributed by atoms with Gasteiger partial charge in [-0.25, -0.2) is 0 Å². The molecule has 2 unspecified atom stereocenters. The van der Waals surface area contributed by atoms with Gasteiger partial charge in [-0.15, -0.1) is 0 Å². The molecule has 0 radical (unpaired) electrons. The lowest BCUT2D eigenvalue weighted by Crippen LogP contribution is -2.61. The van der Waals surface area contributed by atoms with Crippen molar-refractivity contribution in [3.8, 4) is 0 Å². The first kappa shape index (κ1) is 14.8. The largest absolute Gasteiger partial charge is 0.469 e. The number of carbonyl (C=O) groups excluding carboxylic acids is 2. The van der Waals surface area contributed by atoms with Crippen molar-refractivity contribution in [3.05, 3.63) is 23.7 Å². The van der Waals surface area contributed by atoms with E-state index >= 15 is 0 Å².